The van der Waals surface area contributed by atoms with Crippen LogP contribution in [0.4, 0.5) is 33.8 Å². The molecule has 3 N–H and O–H groups in total. The van der Waals surface area contributed by atoms with E-state index in [1.807, 2.05) is 4.90 Å². The molecule has 0 aliphatic carbocycles. The second-order valence-electron chi connectivity index (χ2n) is 8.48. The Morgan fingerprint density at radius 3 is 2.56 bits per heavy atom. The van der Waals surface area contributed by atoms with E-state index in [4.69, 9.17) is 0 Å². The zero-order valence-corrected chi connectivity index (χ0v) is 17.5. The molecule has 2 bridgehead atoms. The maximum Gasteiger partial charge on any atom is 0.421 e. The number of H-pyrrole nitrogens is 1. The molecule has 34 heavy (non-hydrogen) atoms. The average Bonchev–Trinajstić information content (AvgIpc) is 3.50. The number of anilines is 2. The highest BCUT2D eigenvalue weighted by atomic mass is 19.4. The monoisotopic (exact) mass is 479 g/mol. The molecule has 0 saturated carbocycles. The molecule has 4 aromatic rings. The number of alkyl halides is 3. The number of benzene rings is 1. The number of fused-ring (bicyclic) bond motifs is 4. The molecule has 9 nitrogen and oxygen atoms in total. The molecule has 2 aliphatic heterocycles. The van der Waals surface area contributed by atoms with Gasteiger partial charge in [0.05, 0.1) is 18.3 Å². The van der Waals surface area contributed by atoms with Crippen LogP contribution in [0.3, 0.4) is 0 Å². The summed E-state index contributed by atoms with van der Waals surface area (Å²) in [6.07, 6.45) is -1.97. The van der Waals surface area contributed by atoms with E-state index in [2.05, 4.69) is 35.7 Å². The second kappa shape index (κ2) is 7.48. The lowest BCUT2D eigenvalue weighted by Crippen LogP contribution is -2.51. The number of aromatic nitrogens is 6. The van der Waals surface area contributed by atoms with Crippen LogP contribution in [-0.4, -0.2) is 54.7 Å². The van der Waals surface area contributed by atoms with E-state index in [1.54, 1.807) is 0 Å². The summed E-state index contributed by atoms with van der Waals surface area (Å²) in [4.78, 5) is 17.4. The molecule has 2 aliphatic rings. The summed E-state index contributed by atoms with van der Waals surface area (Å²) in [5, 5.41) is 10.2. The van der Waals surface area contributed by atoms with E-state index in [1.165, 1.54) is 6.07 Å². The third kappa shape index (κ3) is 3.48. The molecule has 0 spiro atoms. The number of aromatic amines is 1. The highest BCUT2D eigenvalue weighted by Crippen LogP contribution is 2.33. The Balaban J connectivity index is 1.37. The van der Waals surface area contributed by atoms with Crippen LogP contribution in [0.2, 0.25) is 0 Å². The van der Waals surface area contributed by atoms with E-state index >= 15 is 0 Å². The SMILES string of the molecule is Fc1ccc2[nH]c(CNc3nc(N4CC5CCC(C4)N5)nc4c(C(F)(F)F)cnn34)nc2c1F. The van der Waals surface area contributed by atoms with Crippen molar-refractivity contribution in [2.45, 2.75) is 37.6 Å². The number of hydrogen-bond acceptors (Lipinski definition) is 7. The maximum absolute atomic E-state index is 14.0. The number of nitrogens with zero attached hydrogens (tertiary/aromatic N) is 6. The molecule has 2 fully saturated rings. The summed E-state index contributed by atoms with van der Waals surface area (Å²) in [6, 6.07) is 2.80. The largest absolute Gasteiger partial charge is 0.421 e. The molecular formula is C20H18F5N9. The van der Waals surface area contributed by atoms with Crippen LogP contribution in [-0.2, 0) is 12.7 Å². The molecule has 2 saturated heterocycles. The Labute approximate surface area is 188 Å². The Morgan fingerprint density at radius 2 is 1.82 bits per heavy atom. The molecule has 2 unspecified atom stereocenters. The lowest BCUT2D eigenvalue weighted by Gasteiger charge is -2.33. The average molecular weight is 479 g/mol. The van der Waals surface area contributed by atoms with Crippen LogP contribution in [0.5, 0.6) is 0 Å². The van der Waals surface area contributed by atoms with E-state index < -0.39 is 23.4 Å². The van der Waals surface area contributed by atoms with Crippen molar-refractivity contribution < 1.29 is 22.0 Å². The summed E-state index contributed by atoms with van der Waals surface area (Å²) >= 11 is 0. The zero-order chi connectivity index (χ0) is 23.6. The maximum atomic E-state index is 14.0. The number of rotatable bonds is 4. The lowest BCUT2D eigenvalue weighted by molar-refractivity contribution is -0.136. The van der Waals surface area contributed by atoms with Gasteiger partial charge in [0.25, 0.3) is 0 Å². The van der Waals surface area contributed by atoms with E-state index in [0.717, 1.165) is 23.4 Å². The van der Waals surface area contributed by atoms with Gasteiger partial charge in [-0.25, -0.2) is 13.8 Å². The summed E-state index contributed by atoms with van der Waals surface area (Å²) in [6.45, 7) is 1.11. The third-order valence-electron chi connectivity index (χ3n) is 6.17. The van der Waals surface area contributed by atoms with Crippen molar-refractivity contribution in [2.24, 2.45) is 0 Å². The van der Waals surface area contributed by atoms with Crippen LogP contribution in [0.15, 0.2) is 18.3 Å². The second-order valence-corrected chi connectivity index (χ2v) is 8.48. The van der Waals surface area contributed by atoms with Gasteiger partial charge in [-0.2, -0.15) is 32.8 Å². The predicted molar refractivity (Wildman–Crippen MR) is 111 cm³/mol. The minimum atomic E-state index is -4.65. The van der Waals surface area contributed by atoms with Gasteiger partial charge in [0.2, 0.25) is 11.9 Å². The summed E-state index contributed by atoms with van der Waals surface area (Å²) in [5.74, 6) is -1.68. The van der Waals surface area contributed by atoms with Crippen LogP contribution in [0, 0.1) is 11.6 Å². The fourth-order valence-corrected chi connectivity index (χ4v) is 4.60. The van der Waals surface area contributed by atoms with Crippen LogP contribution >= 0.6 is 0 Å². The first-order chi connectivity index (χ1) is 16.3. The third-order valence-corrected chi connectivity index (χ3v) is 6.17. The number of imidazole rings is 1. The topological polar surface area (TPSA) is 99.1 Å². The fourth-order valence-electron chi connectivity index (χ4n) is 4.60. The van der Waals surface area contributed by atoms with Crippen LogP contribution < -0.4 is 15.5 Å². The Morgan fingerprint density at radius 1 is 1.06 bits per heavy atom. The molecule has 6 rings (SSSR count). The van der Waals surface area contributed by atoms with E-state index in [9.17, 15) is 22.0 Å². The van der Waals surface area contributed by atoms with Crippen molar-refractivity contribution in [3.63, 3.8) is 0 Å². The number of halogens is 5. The molecule has 1 aromatic carbocycles. The highest BCUT2D eigenvalue weighted by molar-refractivity contribution is 5.75. The van der Waals surface area contributed by atoms with Crippen molar-refractivity contribution in [3.05, 3.63) is 41.4 Å². The van der Waals surface area contributed by atoms with Crippen LogP contribution in [0.1, 0.15) is 24.2 Å². The molecule has 3 aromatic heterocycles. The molecular weight excluding hydrogens is 461 g/mol. The first-order valence-electron chi connectivity index (χ1n) is 10.7. The molecule has 14 heteroatoms. The molecule has 5 heterocycles. The van der Waals surface area contributed by atoms with Gasteiger partial charge in [-0.15, -0.1) is 0 Å². The number of hydrogen-bond donors (Lipinski definition) is 3. The minimum absolute atomic E-state index is 0.0217. The smallest absolute Gasteiger partial charge is 0.347 e. The van der Waals surface area contributed by atoms with Gasteiger partial charge in [0.1, 0.15) is 16.9 Å². The van der Waals surface area contributed by atoms with Gasteiger partial charge in [-0.05, 0) is 25.0 Å². The van der Waals surface area contributed by atoms with Gasteiger partial charge in [0, 0.05) is 25.2 Å². The first-order valence-corrected chi connectivity index (χ1v) is 10.7. The molecule has 178 valence electrons. The first kappa shape index (κ1) is 21.0. The Hall–Kier alpha value is -3.55. The normalized spacial score (nSPS) is 20.6. The summed E-state index contributed by atoms with van der Waals surface area (Å²) in [7, 11) is 0. The predicted octanol–water partition coefficient (Wildman–Crippen LogP) is 2.85. The number of piperazine rings is 1. The van der Waals surface area contributed by atoms with Gasteiger partial charge in [0.15, 0.2) is 17.3 Å². The Kier molecular flexibility index (Phi) is 4.62. The van der Waals surface area contributed by atoms with Crippen molar-refractivity contribution in [2.75, 3.05) is 23.3 Å². The molecule has 0 radical (unpaired) electrons. The van der Waals surface area contributed by atoms with Crippen molar-refractivity contribution in [3.8, 4) is 0 Å². The standard InChI is InChI=1S/C20H18F5N9/c21-12-3-4-13-16(15(12)22)30-14(29-13)6-26-18-32-19(33-7-9-1-2-10(8-33)28-9)31-17-11(20(23,24)25)5-27-34(17)18/h3-5,9-10,28H,1-2,6-8H2,(H,29,30)(H,26,31,32). The van der Waals surface area contributed by atoms with Crippen molar-refractivity contribution >= 4 is 28.6 Å². The van der Waals surface area contributed by atoms with E-state index in [0.29, 0.717) is 24.8 Å². The van der Waals surface area contributed by atoms with E-state index in [-0.39, 0.29) is 47.5 Å². The van der Waals surface area contributed by atoms with Crippen LogP contribution in [0.25, 0.3) is 16.7 Å². The lowest BCUT2D eigenvalue weighted by atomic mass is 10.2. The van der Waals surface area contributed by atoms with Gasteiger partial charge < -0.3 is 20.5 Å². The van der Waals surface area contributed by atoms with Gasteiger partial charge in [-0.1, -0.05) is 0 Å². The quantitative estimate of drug-likeness (QED) is 0.387. The summed E-state index contributed by atoms with van der Waals surface area (Å²) < 4.78 is 69.2. The van der Waals surface area contributed by atoms with Gasteiger partial charge >= 0.3 is 6.18 Å². The van der Waals surface area contributed by atoms with Crippen molar-refractivity contribution in [1.29, 1.82) is 0 Å². The van der Waals surface area contributed by atoms with Gasteiger partial charge in [-0.3, -0.25) is 0 Å². The van der Waals surface area contributed by atoms with Crippen molar-refractivity contribution in [1.82, 2.24) is 34.9 Å². The minimum Gasteiger partial charge on any atom is -0.347 e. The fraction of sp³-hybridized carbons (Fsp3) is 0.400. The summed E-state index contributed by atoms with van der Waals surface area (Å²) in [5.41, 5.74) is -1.22. The highest BCUT2D eigenvalue weighted by Gasteiger charge is 2.37. The zero-order valence-electron chi connectivity index (χ0n) is 17.5. The number of nitrogens with one attached hydrogen (secondary N) is 3. The molecule has 0 amide bonds. The molecule has 2 atom stereocenters. The Bertz CT molecular complexity index is 1380.